The van der Waals surface area contributed by atoms with Crippen LogP contribution in [0.2, 0.25) is 0 Å². The maximum atomic E-state index is 5.47. The first-order chi connectivity index (χ1) is 7.78. The second kappa shape index (κ2) is 4.99. The number of nitrogens with zero attached hydrogens (tertiary/aromatic N) is 2. The van der Waals surface area contributed by atoms with Gasteiger partial charge in [-0.15, -0.1) is 0 Å². The van der Waals surface area contributed by atoms with Gasteiger partial charge in [-0.3, -0.25) is 4.68 Å². The van der Waals surface area contributed by atoms with Crippen LogP contribution in [0, 0.1) is 6.92 Å². The van der Waals surface area contributed by atoms with E-state index in [-0.39, 0.29) is 0 Å². The summed E-state index contributed by atoms with van der Waals surface area (Å²) in [6, 6.07) is 2.07. The van der Waals surface area contributed by atoms with Gasteiger partial charge < -0.3 is 9.73 Å². The molecule has 0 fully saturated rings. The summed E-state index contributed by atoms with van der Waals surface area (Å²) in [5.74, 6) is 0.941. The minimum absolute atomic E-state index is 0.694. The highest BCUT2D eigenvalue weighted by atomic mass is 16.3. The number of rotatable bonds is 5. The van der Waals surface area contributed by atoms with Crippen molar-refractivity contribution in [3.8, 4) is 0 Å². The largest absolute Gasteiger partial charge is 0.467 e. The van der Waals surface area contributed by atoms with E-state index < -0.39 is 0 Å². The van der Waals surface area contributed by atoms with Crippen LogP contribution < -0.4 is 5.32 Å². The van der Waals surface area contributed by atoms with Gasteiger partial charge in [0.2, 0.25) is 0 Å². The van der Waals surface area contributed by atoms with Crippen molar-refractivity contribution in [2.75, 3.05) is 6.54 Å². The predicted octanol–water partition coefficient (Wildman–Crippen LogP) is 1.94. The van der Waals surface area contributed by atoms with Crippen molar-refractivity contribution in [2.45, 2.75) is 26.9 Å². The van der Waals surface area contributed by atoms with Crippen LogP contribution in [0.4, 0.5) is 0 Å². The van der Waals surface area contributed by atoms with Crippen molar-refractivity contribution < 1.29 is 4.42 Å². The molecule has 4 heteroatoms. The van der Waals surface area contributed by atoms with Crippen molar-refractivity contribution in [3.05, 3.63) is 41.6 Å². The minimum Gasteiger partial charge on any atom is -0.467 e. The summed E-state index contributed by atoms with van der Waals surface area (Å²) in [4.78, 5) is 0. The summed E-state index contributed by atoms with van der Waals surface area (Å²) in [6.45, 7) is 6.65. The first-order valence-corrected chi connectivity index (χ1v) is 5.54. The number of hydrogen-bond donors (Lipinski definition) is 1. The molecule has 2 aromatic heterocycles. The van der Waals surface area contributed by atoms with Gasteiger partial charge in [-0.2, -0.15) is 5.10 Å². The first kappa shape index (κ1) is 11.0. The van der Waals surface area contributed by atoms with Crippen LogP contribution in [0.25, 0.3) is 0 Å². The Morgan fingerprint density at radius 2 is 2.38 bits per heavy atom. The zero-order valence-corrected chi connectivity index (χ0v) is 9.73. The van der Waals surface area contributed by atoms with E-state index in [0.717, 1.165) is 18.8 Å². The van der Waals surface area contributed by atoms with Gasteiger partial charge in [0.25, 0.3) is 0 Å². The molecule has 0 unspecified atom stereocenters. The lowest BCUT2D eigenvalue weighted by atomic mass is 10.3. The molecule has 0 aliphatic carbocycles. The molecule has 0 bridgehead atoms. The average Bonchev–Trinajstić information content (AvgIpc) is 2.86. The molecule has 0 aliphatic rings. The van der Waals surface area contributed by atoms with Crippen molar-refractivity contribution in [1.82, 2.24) is 15.1 Å². The Balaban J connectivity index is 1.97. The Bertz CT molecular complexity index is 445. The fourth-order valence-electron chi connectivity index (χ4n) is 1.58. The van der Waals surface area contributed by atoms with Crippen molar-refractivity contribution in [1.29, 1.82) is 0 Å². The lowest BCUT2D eigenvalue weighted by Crippen LogP contribution is -2.10. The molecule has 1 N–H and O–H groups in total. The topological polar surface area (TPSA) is 43.0 Å². The second-order valence-electron chi connectivity index (χ2n) is 3.92. The molecule has 2 aromatic rings. The number of furan rings is 1. The molecule has 4 nitrogen and oxygen atoms in total. The van der Waals surface area contributed by atoms with E-state index in [0.29, 0.717) is 6.54 Å². The summed E-state index contributed by atoms with van der Waals surface area (Å²) in [6.07, 6.45) is 5.66. The Morgan fingerprint density at radius 1 is 1.50 bits per heavy atom. The molecule has 0 radical (unpaired) electrons. The molecular formula is C12H17N3O. The Hall–Kier alpha value is -1.55. The van der Waals surface area contributed by atoms with E-state index in [1.165, 1.54) is 11.1 Å². The van der Waals surface area contributed by atoms with Crippen molar-refractivity contribution in [3.63, 3.8) is 0 Å². The third-order valence-corrected chi connectivity index (χ3v) is 2.37. The number of nitrogens with one attached hydrogen (secondary N) is 1. The quantitative estimate of drug-likeness (QED) is 0.835. The van der Waals surface area contributed by atoms with E-state index in [9.17, 15) is 0 Å². The summed E-state index contributed by atoms with van der Waals surface area (Å²) >= 11 is 0. The molecule has 16 heavy (non-hydrogen) atoms. The SMILES string of the molecule is CCNCc1coc(Cn2cc(C)cn2)c1. The van der Waals surface area contributed by atoms with Gasteiger partial charge in [0.15, 0.2) is 0 Å². The van der Waals surface area contributed by atoms with Crippen LogP contribution >= 0.6 is 0 Å². The van der Waals surface area contributed by atoms with Crippen LogP contribution in [0.15, 0.2) is 29.1 Å². The van der Waals surface area contributed by atoms with Gasteiger partial charge in [0.05, 0.1) is 19.0 Å². The Morgan fingerprint density at radius 3 is 3.06 bits per heavy atom. The number of aryl methyl sites for hydroxylation is 1. The standard InChI is InChI=1S/C12H17N3O/c1-3-13-6-11-4-12(16-9-11)8-15-7-10(2)5-14-15/h4-5,7,9,13H,3,6,8H2,1-2H3. The van der Waals surface area contributed by atoms with E-state index in [1.807, 2.05) is 24.0 Å². The zero-order chi connectivity index (χ0) is 11.4. The number of hydrogen-bond acceptors (Lipinski definition) is 3. The highest BCUT2D eigenvalue weighted by Gasteiger charge is 2.03. The van der Waals surface area contributed by atoms with E-state index in [4.69, 9.17) is 4.42 Å². The molecule has 0 saturated carbocycles. The van der Waals surface area contributed by atoms with E-state index in [1.54, 1.807) is 6.26 Å². The highest BCUT2D eigenvalue weighted by molar-refractivity contribution is 5.13. The molecule has 2 rings (SSSR count). The average molecular weight is 219 g/mol. The lowest BCUT2D eigenvalue weighted by Gasteiger charge is -1.96. The smallest absolute Gasteiger partial charge is 0.125 e. The Labute approximate surface area is 95.3 Å². The van der Waals surface area contributed by atoms with E-state index in [2.05, 4.69) is 23.4 Å². The summed E-state index contributed by atoms with van der Waals surface area (Å²) in [5, 5.41) is 7.49. The molecule has 0 aromatic carbocycles. The monoisotopic (exact) mass is 219 g/mol. The van der Waals surface area contributed by atoms with Crippen molar-refractivity contribution >= 4 is 0 Å². The van der Waals surface area contributed by atoms with Gasteiger partial charge in [-0.05, 0) is 25.1 Å². The normalized spacial score (nSPS) is 10.9. The molecule has 0 amide bonds. The zero-order valence-electron chi connectivity index (χ0n) is 9.73. The van der Waals surface area contributed by atoms with Crippen LogP contribution in [-0.4, -0.2) is 16.3 Å². The number of aromatic nitrogens is 2. The fraction of sp³-hybridized carbons (Fsp3) is 0.417. The summed E-state index contributed by atoms with van der Waals surface area (Å²) < 4.78 is 7.35. The molecule has 86 valence electrons. The maximum absolute atomic E-state index is 5.47. The maximum Gasteiger partial charge on any atom is 0.125 e. The lowest BCUT2D eigenvalue weighted by molar-refractivity contribution is 0.478. The molecular weight excluding hydrogens is 202 g/mol. The van der Waals surface area contributed by atoms with Crippen molar-refractivity contribution in [2.24, 2.45) is 0 Å². The van der Waals surface area contributed by atoms with E-state index >= 15 is 0 Å². The van der Waals surface area contributed by atoms with Gasteiger partial charge >= 0.3 is 0 Å². The third-order valence-electron chi connectivity index (χ3n) is 2.37. The van der Waals surface area contributed by atoms with Crippen LogP contribution in [-0.2, 0) is 13.1 Å². The van der Waals surface area contributed by atoms with Crippen LogP contribution in [0.3, 0.4) is 0 Å². The molecule has 0 saturated heterocycles. The first-order valence-electron chi connectivity index (χ1n) is 5.54. The molecule has 2 heterocycles. The molecule has 0 atom stereocenters. The van der Waals surface area contributed by atoms with Gasteiger partial charge in [0.1, 0.15) is 5.76 Å². The minimum atomic E-state index is 0.694. The second-order valence-corrected chi connectivity index (χ2v) is 3.92. The van der Waals surface area contributed by atoms with Gasteiger partial charge in [0, 0.05) is 18.3 Å². The molecule has 0 aliphatic heterocycles. The van der Waals surface area contributed by atoms with Crippen LogP contribution in [0.5, 0.6) is 0 Å². The third kappa shape index (κ3) is 2.73. The van der Waals surface area contributed by atoms with Gasteiger partial charge in [-0.1, -0.05) is 6.92 Å². The van der Waals surface area contributed by atoms with Gasteiger partial charge in [-0.25, -0.2) is 0 Å². The highest BCUT2D eigenvalue weighted by Crippen LogP contribution is 2.09. The predicted molar refractivity (Wildman–Crippen MR) is 62.2 cm³/mol. The Kier molecular flexibility index (Phi) is 3.41. The van der Waals surface area contributed by atoms with Crippen LogP contribution in [0.1, 0.15) is 23.8 Å². The fourth-order valence-corrected chi connectivity index (χ4v) is 1.58. The molecule has 0 spiro atoms. The summed E-state index contributed by atoms with van der Waals surface area (Å²) in [5.41, 5.74) is 2.35. The summed E-state index contributed by atoms with van der Waals surface area (Å²) in [7, 11) is 0.